The van der Waals surface area contributed by atoms with Crippen molar-refractivity contribution < 1.29 is 19.0 Å². The van der Waals surface area contributed by atoms with Crippen LogP contribution >= 0.6 is 0 Å². The molecular weight excluding hydrogens is 462 g/mol. The monoisotopic (exact) mass is 497 g/mol. The van der Waals surface area contributed by atoms with Crippen molar-refractivity contribution in [3.63, 3.8) is 0 Å². The quantitative estimate of drug-likeness (QED) is 0.512. The third-order valence-electron chi connectivity index (χ3n) is 10.8. The summed E-state index contributed by atoms with van der Waals surface area (Å²) in [6.45, 7) is 4.50. The molecule has 3 fully saturated rings. The van der Waals surface area contributed by atoms with E-state index in [1.807, 2.05) is 18.2 Å². The Hall–Kier alpha value is -2.63. The maximum Gasteiger partial charge on any atom is 0.166 e. The van der Waals surface area contributed by atoms with Crippen LogP contribution in [0.15, 0.2) is 54.6 Å². The fraction of sp³-hybridized carbons (Fsp3) is 0.531. The van der Waals surface area contributed by atoms with Gasteiger partial charge in [0, 0.05) is 30.7 Å². The average molecular weight is 498 g/mol. The molecule has 0 N–H and O–H groups in total. The molecule has 9 rings (SSSR count). The lowest BCUT2D eigenvalue weighted by molar-refractivity contribution is -0.214. The van der Waals surface area contributed by atoms with Crippen LogP contribution in [0.5, 0.6) is 11.5 Å². The van der Waals surface area contributed by atoms with Gasteiger partial charge in [-0.05, 0) is 68.7 Å². The minimum absolute atomic E-state index is 0.127. The van der Waals surface area contributed by atoms with Gasteiger partial charge in [0.05, 0.1) is 11.3 Å². The molecule has 2 saturated carbocycles. The summed E-state index contributed by atoms with van der Waals surface area (Å²) in [6, 6.07) is 15.1. The van der Waals surface area contributed by atoms with E-state index in [9.17, 15) is 4.79 Å². The van der Waals surface area contributed by atoms with Gasteiger partial charge in [-0.15, -0.1) is 0 Å². The maximum atomic E-state index is 13.2. The molecule has 0 unspecified atom stereocenters. The summed E-state index contributed by atoms with van der Waals surface area (Å²) in [4.78, 5) is 16.0. The van der Waals surface area contributed by atoms with Crippen molar-refractivity contribution in [1.82, 2.24) is 4.90 Å². The van der Waals surface area contributed by atoms with Crippen LogP contribution in [0.25, 0.3) is 0 Å². The van der Waals surface area contributed by atoms with Crippen molar-refractivity contribution in [2.24, 2.45) is 17.3 Å². The second kappa shape index (κ2) is 7.48. The lowest BCUT2D eigenvalue weighted by Gasteiger charge is -2.71. The first-order valence-corrected chi connectivity index (χ1v) is 14.0. The van der Waals surface area contributed by atoms with Gasteiger partial charge in [0.15, 0.2) is 11.5 Å². The Balaban J connectivity index is 1.30. The summed E-state index contributed by atoms with van der Waals surface area (Å²) in [5.74, 6) is 2.55. The molecule has 0 aromatic heterocycles. The molecule has 5 aliphatic carbocycles. The van der Waals surface area contributed by atoms with Crippen LogP contribution in [0.1, 0.15) is 49.3 Å². The van der Waals surface area contributed by atoms with Gasteiger partial charge < -0.3 is 14.2 Å². The van der Waals surface area contributed by atoms with Gasteiger partial charge in [0.25, 0.3) is 0 Å². The Kier molecular flexibility index (Phi) is 4.52. The van der Waals surface area contributed by atoms with E-state index in [1.165, 1.54) is 30.5 Å². The summed E-state index contributed by atoms with van der Waals surface area (Å²) in [5.41, 5.74) is 2.81. The number of Topliss-reactive ketones (excluding diaryl/α,β-unsaturated/α-hetero) is 1. The molecule has 1 saturated heterocycles. The van der Waals surface area contributed by atoms with Crippen LogP contribution in [-0.2, 0) is 28.0 Å². The first kappa shape index (κ1) is 22.4. The SMILES string of the molecule is CO[C@]12C=C[C@@]3(C[C@@H]1C(C)=O)[C@H]1Cc4ccc(OCc5ccccc5)c5c4[C@@]3(CCN1CC1CC1)[C@H]2O5. The number of nitrogens with zero attached hydrogens (tertiary/aromatic N) is 1. The highest BCUT2D eigenvalue weighted by Crippen LogP contribution is 2.74. The Bertz CT molecular complexity index is 1320. The molecule has 7 aliphatic rings. The number of carbonyl (C=O) groups is 1. The lowest BCUT2D eigenvalue weighted by atomic mass is 9.37. The molecule has 2 aromatic carbocycles. The van der Waals surface area contributed by atoms with Gasteiger partial charge in [0.1, 0.15) is 24.1 Å². The van der Waals surface area contributed by atoms with E-state index in [0.717, 1.165) is 48.8 Å². The topological polar surface area (TPSA) is 48.0 Å². The molecule has 4 bridgehead atoms. The Morgan fingerprint density at radius 3 is 2.73 bits per heavy atom. The summed E-state index contributed by atoms with van der Waals surface area (Å²) in [7, 11) is 1.76. The zero-order valence-electron chi connectivity index (χ0n) is 21.7. The third-order valence-corrected chi connectivity index (χ3v) is 10.8. The fourth-order valence-corrected chi connectivity index (χ4v) is 9.08. The molecule has 192 valence electrons. The van der Waals surface area contributed by atoms with E-state index in [2.05, 4.69) is 41.3 Å². The maximum absolute atomic E-state index is 13.2. The predicted molar refractivity (Wildman–Crippen MR) is 140 cm³/mol. The molecular formula is C32H35NO4. The second-order valence-electron chi connectivity index (χ2n) is 12.4. The van der Waals surface area contributed by atoms with E-state index in [4.69, 9.17) is 14.2 Å². The number of rotatable bonds is 7. The molecule has 2 heterocycles. The molecule has 0 amide bonds. The Morgan fingerprint density at radius 2 is 1.97 bits per heavy atom. The van der Waals surface area contributed by atoms with E-state index in [-0.39, 0.29) is 28.6 Å². The third kappa shape index (κ3) is 2.70. The van der Waals surface area contributed by atoms with Crippen molar-refractivity contribution in [3.8, 4) is 11.5 Å². The van der Waals surface area contributed by atoms with Crippen molar-refractivity contribution >= 4 is 5.78 Å². The Morgan fingerprint density at radius 1 is 1.14 bits per heavy atom. The van der Waals surface area contributed by atoms with Gasteiger partial charge in [-0.2, -0.15) is 0 Å². The number of likely N-dealkylation sites (tertiary alicyclic amines) is 1. The fourth-order valence-electron chi connectivity index (χ4n) is 9.08. The molecule has 37 heavy (non-hydrogen) atoms. The number of ketones is 1. The number of hydrogen-bond donors (Lipinski definition) is 0. The van der Waals surface area contributed by atoms with Crippen molar-refractivity contribution in [1.29, 1.82) is 0 Å². The van der Waals surface area contributed by atoms with Crippen molar-refractivity contribution in [2.75, 3.05) is 20.2 Å². The highest BCUT2D eigenvalue weighted by atomic mass is 16.6. The van der Waals surface area contributed by atoms with E-state index < -0.39 is 5.60 Å². The molecule has 2 spiro atoms. The van der Waals surface area contributed by atoms with Crippen LogP contribution in [0.4, 0.5) is 0 Å². The van der Waals surface area contributed by atoms with Gasteiger partial charge in [-0.1, -0.05) is 48.6 Å². The molecule has 2 aromatic rings. The first-order valence-electron chi connectivity index (χ1n) is 14.0. The molecule has 2 aliphatic heterocycles. The molecule has 5 heteroatoms. The first-order chi connectivity index (χ1) is 18.0. The van der Waals surface area contributed by atoms with Crippen LogP contribution in [-0.4, -0.2) is 48.6 Å². The zero-order chi connectivity index (χ0) is 25.0. The average Bonchev–Trinajstić information content (AvgIpc) is 3.66. The summed E-state index contributed by atoms with van der Waals surface area (Å²) < 4.78 is 19.9. The Labute approximate surface area is 218 Å². The number of hydrogen-bond acceptors (Lipinski definition) is 5. The number of carbonyl (C=O) groups excluding carboxylic acids is 1. The zero-order valence-corrected chi connectivity index (χ0v) is 21.7. The van der Waals surface area contributed by atoms with E-state index in [1.54, 1.807) is 14.0 Å². The van der Waals surface area contributed by atoms with Crippen molar-refractivity contribution in [2.45, 2.75) is 68.8 Å². The summed E-state index contributed by atoms with van der Waals surface area (Å²) in [6.07, 6.45) is 10.0. The number of ether oxygens (including phenoxy) is 3. The number of fused-ring (bicyclic) bond motifs is 1. The van der Waals surface area contributed by atoms with Gasteiger partial charge >= 0.3 is 0 Å². The minimum Gasteiger partial charge on any atom is -0.485 e. The van der Waals surface area contributed by atoms with Crippen LogP contribution in [0.3, 0.4) is 0 Å². The standard InChI is InChI=1S/C32H35NO4/c1-20(34)24-17-30-12-13-32(24,35-2)29-31(30)14-15-33(18-21-8-9-21)26(30)16-23-10-11-25(28(37-29)27(23)31)36-19-22-6-4-3-5-7-22/h3-7,10-13,21,24,26,29H,8-9,14-19H2,1-2H3/t24-,26-,29-,30-,31+,32-/m1/s1. The van der Waals surface area contributed by atoms with Crippen LogP contribution in [0, 0.1) is 17.3 Å². The van der Waals surface area contributed by atoms with Crippen molar-refractivity contribution in [3.05, 3.63) is 71.3 Å². The van der Waals surface area contributed by atoms with Gasteiger partial charge in [-0.25, -0.2) is 0 Å². The predicted octanol–water partition coefficient (Wildman–Crippen LogP) is 4.86. The number of piperidine rings is 1. The second-order valence-corrected chi connectivity index (χ2v) is 12.4. The number of benzene rings is 2. The minimum atomic E-state index is -0.749. The smallest absolute Gasteiger partial charge is 0.166 e. The van der Waals surface area contributed by atoms with Crippen LogP contribution in [0.2, 0.25) is 0 Å². The summed E-state index contributed by atoms with van der Waals surface area (Å²) >= 11 is 0. The summed E-state index contributed by atoms with van der Waals surface area (Å²) in [5, 5.41) is 0. The molecule has 6 atom stereocenters. The van der Waals surface area contributed by atoms with Gasteiger partial charge in [-0.3, -0.25) is 9.69 Å². The normalized spacial score (nSPS) is 38.3. The highest BCUT2D eigenvalue weighted by Gasteiger charge is 2.79. The van der Waals surface area contributed by atoms with Gasteiger partial charge in [0.2, 0.25) is 0 Å². The van der Waals surface area contributed by atoms with E-state index in [0.29, 0.717) is 12.6 Å². The molecule has 0 radical (unpaired) electrons. The van der Waals surface area contributed by atoms with E-state index >= 15 is 0 Å². The van der Waals surface area contributed by atoms with Crippen LogP contribution < -0.4 is 9.47 Å². The largest absolute Gasteiger partial charge is 0.485 e. The molecule has 5 nitrogen and oxygen atoms in total. The number of methoxy groups -OCH3 is 1. The highest BCUT2D eigenvalue weighted by molar-refractivity contribution is 5.82. The lowest BCUT2D eigenvalue weighted by Crippen LogP contribution is -2.79.